The Bertz CT molecular complexity index is 1660. The number of H-pyrrole nitrogens is 1. The molecule has 7 atom stereocenters. The van der Waals surface area contributed by atoms with Crippen molar-refractivity contribution in [2.45, 2.75) is 55.7 Å². The Morgan fingerprint density at radius 1 is 1.25 bits per heavy atom. The van der Waals surface area contributed by atoms with Gasteiger partial charge < -0.3 is 45.1 Å². The third kappa shape index (κ3) is 4.75. The molecule has 2 aliphatic heterocycles. The first-order valence-corrected chi connectivity index (χ1v) is 15.1. The molecule has 214 valence electrons. The SMILES string of the molecule is Nc1nc2c(nnn2[C@@H]2O[C@H](CCO)C[C@H]2P(O)(=S)OC[C@H]2O[C@@H](n3ccc4c(N)ncnc43)C[C@@H]2O)c(=O)[nH]1. The highest BCUT2D eigenvalue weighted by Gasteiger charge is 2.47. The van der Waals surface area contributed by atoms with E-state index >= 15 is 0 Å². The van der Waals surface area contributed by atoms with Crippen molar-refractivity contribution in [1.29, 1.82) is 0 Å². The lowest BCUT2D eigenvalue weighted by atomic mass is 10.2. The van der Waals surface area contributed by atoms with Gasteiger partial charge in [0.15, 0.2) is 23.9 Å². The van der Waals surface area contributed by atoms with E-state index in [1.807, 2.05) is 0 Å². The molecular weight excluding hydrogens is 567 g/mol. The highest BCUT2D eigenvalue weighted by atomic mass is 32.5. The molecule has 8 N–H and O–H groups in total. The number of hydrogen-bond acceptors (Lipinski definition) is 14. The van der Waals surface area contributed by atoms with Gasteiger partial charge in [0.05, 0.1) is 29.9 Å². The number of aromatic nitrogens is 8. The molecule has 40 heavy (non-hydrogen) atoms. The largest absolute Gasteiger partial charge is 0.396 e. The Morgan fingerprint density at radius 3 is 2.88 bits per heavy atom. The van der Waals surface area contributed by atoms with Crippen LogP contribution in [0.2, 0.25) is 0 Å². The maximum absolute atomic E-state index is 12.2. The Labute approximate surface area is 230 Å². The normalized spacial score (nSPS) is 28.5. The fraction of sp³-hybridized carbons (Fsp3) is 0.524. The van der Waals surface area contributed by atoms with Crippen LogP contribution >= 0.6 is 6.49 Å². The standard InChI is InChI=1S/C21H27N10O7PS/c22-16-10-1-3-30(17(10)25-8-24-16)14-6-11(33)12(38-14)7-36-39(35,40)13-5-9(2-4-32)37-20(13)31-18-15(28-29-31)19(34)27-21(23)26-18/h1,3,8-9,11-14,20,32-33H,2,4-7H2,(H,35,40)(H2,22,24,25)(H3,23,26,27,34)/t9-,11+,12-,13-,14-,20-,39?/m1/s1. The molecule has 0 aromatic carbocycles. The van der Waals surface area contributed by atoms with Crippen molar-refractivity contribution < 1.29 is 29.1 Å². The topological polar surface area (TPSA) is 248 Å². The Balaban J connectivity index is 1.21. The summed E-state index contributed by atoms with van der Waals surface area (Å²) in [6.45, 7) is -4.00. The average molecular weight is 595 g/mol. The van der Waals surface area contributed by atoms with Crippen LogP contribution in [0, 0.1) is 0 Å². The number of nitrogens with one attached hydrogen (secondary N) is 1. The quantitative estimate of drug-likeness (QED) is 0.136. The lowest BCUT2D eigenvalue weighted by molar-refractivity contribution is -0.0392. The molecule has 0 radical (unpaired) electrons. The van der Waals surface area contributed by atoms with E-state index in [2.05, 4.69) is 30.2 Å². The van der Waals surface area contributed by atoms with Gasteiger partial charge in [-0.25, -0.2) is 9.97 Å². The molecule has 4 aromatic rings. The molecule has 0 spiro atoms. The van der Waals surface area contributed by atoms with Gasteiger partial charge in [0.1, 0.15) is 30.1 Å². The highest BCUT2D eigenvalue weighted by molar-refractivity contribution is 8.09. The highest BCUT2D eigenvalue weighted by Crippen LogP contribution is 2.58. The van der Waals surface area contributed by atoms with Crippen LogP contribution in [0.4, 0.5) is 11.8 Å². The van der Waals surface area contributed by atoms with Crippen molar-refractivity contribution in [2.75, 3.05) is 24.7 Å². The van der Waals surface area contributed by atoms with Crippen molar-refractivity contribution in [3.8, 4) is 0 Å². The molecule has 0 bridgehead atoms. The second kappa shape index (κ2) is 10.4. The molecule has 4 aromatic heterocycles. The lowest BCUT2D eigenvalue weighted by Gasteiger charge is -2.27. The number of ether oxygens (including phenoxy) is 2. The van der Waals surface area contributed by atoms with Gasteiger partial charge in [0, 0.05) is 19.2 Å². The zero-order valence-corrected chi connectivity index (χ0v) is 22.6. The van der Waals surface area contributed by atoms with Gasteiger partial charge in [-0.1, -0.05) is 5.21 Å². The van der Waals surface area contributed by atoms with Gasteiger partial charge in [0.2, 0.25) is 5.95 Å². The maximum atomic E-state index is 12.2. The minimum Gasteiger partial charge on any atom is -0.396 e. The molecule has 0 saturated carbocycles. The molecule has 0 aliphatic carbocycles. The number of rotatable bonds is 8. The van der Waals surface area contributed by atoms with E-state index in [1.54, 1.807) is 16.8 Å². The number of aliphatic hydroxyl groups is 2. The van der Waals surface area contributed by atoms with Crippen LogP contribution in [-0.2, 0) is 25.8 Å². The van der Waals surface area contributed by atoms with Crippen LogP contribution in [0.1, 0.15) is 31.7 Å². The van der Waals surface area contributed by atoms with Gasteiger partial charge in [-0.3, -0.25) is 9.78 Å². The number of anilines is 2. The van der Waals surface area contributed by atoms with E-state index in [-0.39, 0.29) is 49.6 Å². The number of nitrogen functional groups attached to an aromatic ring is 2. The van der Waals surface area contributed by atoms with Crippen LogP contribution in [-0.4, -0.2) is 91.8 Å². The number of aliphatic hydroxyl groups excluding tert-OH is 2. The average Bonchev–Trinajstić information content (AvgIpc) is 3.68. The minimum atomic E-state index is -3.65. The van der Waals surface area contributed by atoms with E-state index in [1.165, 1.54) is 11.0 Å². The Kier molecular flexibility index (Phi) is 7.04. The predicted octanol–water partition coefficient (Wildman–Crippen LogP) is -0.871. The molecule has 1 unspecified atom stereocenters. The summed E-state index contributed by atoms with van der Waals surface area (Å²) in [5, 5.41) is 28.8. The number of hydrogen-bond donors (Lipinski definition) is 6. The van der Waals surface area contributed by atoms with Crippen LogP contribution in [0.15, 0.2) is 23.4 Å². The molecule has 6 rings (SSSR count). The fourth-order valence-electron chi connectivity index (χ4n) is 5.14. The monoisotopic (exact) mass is 594 g/mol. The second-order valence-corrected chi connectivity index (χ2v) is 13.3. The predicted molar refractivity (Wildman–Crippen MR) is 143 cm³/mol. The zero-order chi connectivity index (χ0) is 28.2. The fourth-order valence-corrected chi connectivity index (χ4v) is 7.46. The summed E-state index contributed by atoms with van der Waals surface area (Å²) in [6.07, 6.45) is 0.131. The molecule has 17 nitrogen and oxygen atoms in total. The van der Waals surface area contributed by atoms with Crippen molar-refractivity contribution in [3.63, 3.8) is 0 Å². The number of nitrogens with zero attached hydrogens (tertiary/aromatic N) is 7. The summed E-state index contributed by atoms with van der Waals surface area (Å²) in [5.74, 6) is 0.187. The van der Waals surface area contributed by atoms with E-state index < -0.39 is 48.5 Å². The van der Waals surface area contributed by atoms with Crippen molar-refractivity contribution in [2.24, 2.45) is 0 Å². The summed E-state index contributed by atoms with van der Waals surface area (Å²) >= 11 is 5.58. The first kappa shape index (κ1) is 27.1. The summed E-state index contributed by atoms with van der Waals surface area (Å²) in [4.78, 5) is 38.4. The van der Waals surface area contributed by atoms with Crippen molar-refractivity contribution in [1.82, 2.24) is 39.5 Å². The van der Waals surface area contributed by atoms with Crippen LogP contribution < -0.4 is 17.0 Å². The number of fused-ring (bicyclic) bond motifs is 2. The van der Waals surface area contributed by atoms with Crippen molar-refractivity contribution in [3.05, 3.63) is 28.9 Å². The Hall–Kier alpha value is -3.09. The number of aromatic amines is 1. The van der Waals surface area contributed by atoms with Gasteiger partial charge in [-0.05, 0) is 30.7 Å². The number of nitrogens with two attached hydrogens (primary N) is 2. The van der Waals surface area contributed by atoms with E-state index in [9.17, 15) is 19.9 Å². The van der Waals surface area contributed by atoms with Crippen LogP contribution in [0.25, 0.3) is 22.2 Å². The third-order valence-electron chi connectivity index (χ3n) is 7.11. The van der Waals surface area contributed by atoms with Gasteiger partial charge in [-0.2, -0.15) is 9.67 Å². The molecule has 2 aliphatic rings. The third-order valence-corrected chi connectivity index (χ3v) is 10.1. The van der Waals surface area contributed by atoms with Gasteiger partial charge in [0.25, 0.3) is 5.56 Å². The molecular formula is C21H27N10O7PS. The molecule has 19 heteroatoms. The summed E-state index contributed by atoms with van der Waals surface area (Å²) < 4.78 is 21.0. The van der Waals surface area contributed by atoms with E-state index in [0.717, 1.165) is 0 Å². The summed E-state index contributed by atoms with van der Waals surface area (Å²) in [6, 6.07) is 1.77. The van der Waals surface area contributed by atoms with Crippen LogP contribution in [0.3, 0.4) is 0 Å². The zero-order valence-electron chi connectivity index (χ0n) is 20.8. The molecule has 2 saturated heterocycles. The maximum Gasteiger partial charge on any atom is 0.282 e. The van der Waals surface area contributed by atoms with Gasteiger partial charge in [-0.15, -0.1) is 5.10 Å². The molecule has 2 fully saturated rings. The summed E-state index contributed by atoms with van der Waals surface area (Å²) in [7, 11) is 0. The van der Waals surface area contributed by atoms with E-state index in [0.29, 0.717) is 16.9 Å². The van der Waals surface area contributed by atoms with Crippen LogP contribution in [0.5, 0.6) is 0 Å². The smallest absolute Gasteiger partial charge is 0.282 e. The molecule has 6 heterocycles. The van der Waals surface area contributed by atoms with Crippen molar-refractivity contribution >= 4 is 52.3 Å². The Morgan fingerprint density at radius 2 is 2.08 bits per heavy atom. The second-order valence-electron chi connectivity index (χ2n) is 9.63. The first-order chi connectivity index (χ1) is 19.2. The first-order valence-electron chi connectivity index (χ1n) is 12.4. The molecule has 0 amide bonds. The van der Waals surface area contributed by atoms with Gasteiger partial charge >= 0.3 is 0 Å². The lowest BCUT2D eigenvalue weighted by Crippen LogP contribution is -2.28. The summed E-state index contributed by atoms with van der Waals surface area (Å²) in [5.41, 5.74) is 10.8. The van der Waals surface area contributed by atoms with E-state index in [4.69, 9.17) is 37.3 Å². The minimum absolute atomic E-state index is 0.0525.